The van der Waals surface area contributed by atoms with Crippen molar-refractivity contribution in [2.75, 3.05) is 59.7 Å². The summed E-state index contributed by atoms with van der Waals surface area (Å²) >= 11 is 0. The molecule has 1 saturated heterocycles. The van der Waals surface area contributed by atoms with Gasteiger partial charge >= 0.3 is 0 Å². The van der Waals surface area contributed by atoms with Gasteiger partial charge in [-0.15, -0.1) is 12.4 Å². The van der Waals surface area contributed by atoms with Crippen LogP contribution < -0.4 is 5.73 Å². The summed E-state index contributed by atoms with van der Waals surface area (Å²) in [5.41, 5.74) is 5.33. The molecule has 2 N–H and O–H groups in total. The smallest absolute Gasteiger partial charge is 0.0935 e. The lowest BCUT2D eigenvalue weighted by Gasteiger charge is -2.32. The molecule has 0 aromatic heterocycles. The van der Waals surface area contributed by atoms with Crippen molar-refractivity contribution in [3.05, 3.63) is 0 Å². The molecule has 1 atom stereocenters. The molecule has 98 valence electrons. The average Bonchev–Trinajstić information content (AvgIpc) is 2.26. The van der Waals surface area contributed by atoms with Crippen LogP contribution in [0.1, 0.15) is 0 Å². The lowest BCUT2D eigenvalue weighted by atomic mass is 10.3. The minimum atomic E-state index is 0. The molecule has 1 unspecified atom stereocenters. The van der Waals surface area contributed by atoms with E-state index in [1.807, 2.05) is 0 Å². The summed E-state index contributed by atoms with van der Waals surface area (Å²) in [5, 5.41) is 0. The zero-order valence-electron chi connectivity index (χ0n) is 9.89. The minimum Gasteiger partial charge on any atom is -0.382 e. The highest BCUT2D eigenvalue weighted by Gasteiger charge is 2.19. The van der Waals surface area contributed by atoms with Crippen LogP contribution in [0.3, 0.4) is 0 Å². The van der Waals surface area contributed by atoms with Gasteiger partial charge in [0.2, 0.25) is 0 Å². The van der Waals surface area contributed by atoms with E-state index < -0.39 is 0 Å². The predicted octanol–water partition coefficient (Wildman–Crippen LogP) is -0.269. The van der Waals surface area contributed by atoms with Gasteiger partial charge in [-0.25, -0.2) is 0 Å². The third-order valence-corrected chi connectivity index (χ3v) is 2.39. The fourth-order valence-corrected chi connectivity index (χ4v) is 1.65. The fraction of sp³-hybridized carbons (Fsp3) is 1.00. The van der Waals surface area contributed by atoms with Crippen molar-refractivity contribution in [3.8, 4) is 0 Å². The lowest BCUT2D eigenvalue weighted by Crippen LogP contribution is -2.45. The van der Waals surface area contributed by atoms with Gasteiger partial charge in [-0.3, -0.25) is 4.90 Å². The second-order valence-corrected chi connectivity index (χ2v) is 3.65. The highest BCUT2D eigenvalue weighted by Crippen LogP contribution is 2.04. The Bertz CT molecular complexity index is 161. The second-order valence-electron chi connectivity index (χ2n) is 3.65. The van der Waals surface area contributed by atoms with E-state index in [1.54, 1.807) is 7.11 Å². The molecule has 0 aromatic carbocycles. The van der Waals surface area contributed by atoms with E-state index in [2.05, 4.69) is 4.90 Å². The van der Waals surface area contributed by atoms with Crippen LogP contribution in [0.25, 0.3) is 0 Å². The van der Waals surface area contributed by atoms with Gasteiger partial charge in [0.05, 0.1) is 32.5 Å². The highest BCUT2D eigenvalue weighted by atomic mass is 35.5. The van der Waals surface area contributed by atoms with Gasteiger partial charge in [0, 0.05) is 33.3 Å². The number of morpholine rings is 1. The quantitative estimate of drug-likeness (QED) is 0.634. The summed E-state index contributed by atoms with van der Waals surface area (Å²) < 4.78 is 16.0. The van der Waals surface area contributed by atoms with Crippen molar-refractivity contribution in [2.24, 2.45) is 5.73 Å². The molecule has 0 spiro atoms. The molecular formula is C10H23ClN2O3. The monoisotopic (exact) mass is 254 g/mol. The van der Waals surface area contributed by atoms with E-state index in [4.69, 9.17) is 19.9 Å². The van der Waals surface area contributed by atoms with Gasteiger partial charge in [-0.05, 0) is 0 Å². The number of rotatable bonds is 7. The fourth-order valence-electron chi connectivity index (χ4n) is 1.65. The largest absolute Gasteiger partial charge is 0.382 e. The van der Waals surface area contributed by atoms with Crippen LogP contribution in [0.5, 0.6) is 0 Å². The molecule has 0 amide bonds. The van der Waals surface area contributed by atoms with E-state index in [0.29, 0.717) is 19.8 Å². The molecule has 5 nitrogen and oxygen atoms in total. The van der Waals surface area contributed by atoms with Crippen LogP contribution in [0.4, 0.5) is 0 Å². The molecule has 1 heterocycles. The standard InChI is InChI=1S/C10H22N2O3.ClH/c1-13-9-10-8-12(4-7-15-10)3-6-14-5-2-11;/h10H,2-9,11H2,1H3;1H. The summed E-state index contributed by atoms with van der Waals surface area (Å²) in [6.45, 7) is 6.29. The zero-order chi connectivity index (χ0) is 10.9. The molecule has 0 aliphatic carbocycles. The molecule has 0 bridgehead atoms. The number of methoxy groups -OCH3 is 1. The van der Waals surface area contributed by atoms with Gasteiger partial charge in [-0.2, -0.15) is 0 Å². The van der Waals surface area contributed by atoms with Crippen LogP contribution in [0, 0.1) is 0 Å². The maximum atomic E-state index is 5.55. The van der Waals surface area contributed by atoms with Crippen molar-refractivity contribution in [2.45, 2.75) is 6.10 Å². The van der Waals surface area contributed by atoms with Gasteiger partial charge in [0.15, 0.2) is 0 Å². The summed E-state index contributed by atoms with van der Waals surface area (Å²) in [4.78, 5) is 2.34. The van der Waals surface area contributed by atoms with Crippen molar-refractivity contribution in [1.82, 2.24) is 4.90 Å². The molecule has 6 heteroatoms. The van der Waals surface area contributed by atoms with Crippen molar-refractivity contribution >= 4 is 12.4 Å². The molecule has 1 aliphatic rings. The number of halogens is 1. The molecule has 16 heavy (non-hydrogen) atoms. The third-order valence-electron chi connectivity index (χ3n) is 2.39. The Morgan fingerprint density at radius 2 is 2.25 bits per heavy atom. The zero-order valence-corrected chi connectivity index (χ0v) is 10.7. The minimum absolute atomic E-state index is 0. The van der Waals surface area contributed by atoms with Crippen molar-refractivity contribution in [3.63, 3.8) is 0 Å². The van der Waals surface area contributed by atoms with Crippen LogP contribution in [-0.4, -0.2) is 70.7 Å². The Kier molecular flexibility index (Phi) is 10.3. The molecular weight excluding hydrogens is 232 g/mol. The van der Waals surface area contributed by atoms with Gasteiger partial charge < -0.3 is 19.9 Å². The first-order valence-corrected chi connectivity index (χ1v) is 5.47. The number of ether oxygens (including phenoxy) is 3. The normalized spacial score (nSPS) is 21.8. The van der Waals surface area contributed by atoms with Crippen molar-refractivity contribution < 1.29 is 14.2 Å². The molecule has 1 rings (SSSR count). The first-order valence-electron chi connectivity index (χ1n) is 5.47. The lowest BCUT2D eigenvalue weighted by molar-refractivity contribution is -0.0654. The molecule has 0 radical (unpaired) electrons. The Hall–Kier alpha value is 0.0900. The Morgan fingerprint density at radius 3 is 2.94 bits per heavy atom. The Balaban J connectivity index is 0.00000225. The maximum Gasteiger partial charge on any atom is 0.0935 e. The van der Waals surface area contributed by atoms with E-state index in [0.717, 1.165) is 32.8 Å². The molecule has 1 aliphatic heterocycles. The number of nitrogens with zero attached hydrogens (tertiary/aromatic N) is 1. The summed E-state index contributed by atoms with van der Waals surface area (Å²) in [6, 6.07) is 0. The Labute approximate surface area is 104 Å². The number of hydrogen-bond acceptors (Lipinski definition) is 5. The third kappa shape index (κ3) is 6.62. The number of hydrogen-bond donors (Lipinski definition) is 1. The highest BCUT2D eigenvalue weighted by molar-refractivity contribution is 5.85. The van der Waals surface area contributed by atoms with E-state index in [-0.39, 0.29) is 18.5 Å². The van der Waals surface area contributed by atoms with Crippen LogP contribution in [-0.2, 0) is 14.2 Å². The van der Waals surface area contributed by atoms with Crippen molar-refractivity contribution in [1.29, 1.82) is 0 Å². The first-order chi connectivity index (χ1) is 7.36. The second kappa shape index (κ2) is 10.3. The summed E-state index contributed by atoms with van der Waals surface area (Å²) in [6.07, 6.45) is 0.207. The van der Waals surface area contributed by atoms with Crippen LogP contribution in [0.2, 0.25) is 0 Å². The van der Waals surface area contributed by atoms with E-state index in [1.165, 1.54) is 0 Å². The molecule has 1 fully saturated rings. The van der Waals surface area contributed by atoms with Crippen LogP contribution >= 0.6 is 12.4 Å². The number of nitrogens with two attached hydrogens (primary N) is 1. The maximum absolute atomic E-state index is 5.55. The topological polar surface area (TPSA) is 57.0 Å². The molecule has 0 saturated carbocycles. The van der Waals surface area contributed by atoms with Gasteiger partial charge in [0.25, 0.3) is 0 Å². The Morgan fingerprint density at radius 1 is 1.44 bits per heavy atom. The summed E-state index contributed by atoms with van der Waals surface area (Å²) in [7, 11) is 1.70. The molecule has 0 aromatic rings. The first kappa shape index (κ1) is 16.1. The van der Waals surface area contributed by atoms with Gasteiger partial charge in [0.1, 0.15) is 0 Å². The average molecular weight is 255 g/mol. The summed E-state index contributed by atoms with van der Waals surface area (Å²) in [5.74, 6) is 0. The van der Waals surface area contributed by atoms with Crippen LogP contribution in [0.15, 0.2) is 0 Å². The predicted molar refractivity (Wildman–Crippen MR) is 65.2 cm³/mol. The van der Waals surface area contributed by atoms with E-state index in [9.17, 15) is 0 Å². The van der Waals surface area contributed by atoms with E-state index >= 15 is 0 Å². The SMILES string of the molecule is COCC1CN(CCOCCN)CCO1.Cl. The van der Waals surface area contributed by atoms with Gasteiger partial charge in [-0.1, -0.05) is 0 Å².